The summed E-state index contributed by atoms with van der Waals surface area (Å²) in [6, 6.07) is 12.2. The van der Waals surface area contributed by atoms with Crippen molar-refractivity contribution in [2.45, 2.75) is 0 Å². The van der Waals surface area contributed by atoms with Gasteiger partial charge in [-0.2, -0.15) is 0 Å². The lowest BCUT2D eigenvalue weighted by Gasteiger charge is -1.97. The van der Waals surface area contributed by atoms with Gasteiger partial charge in [-0.15, -0.1) is 0 Å². The maximum Gasteiger partial charge on any atom is 0.275 e. The molecule has 0 unspecified atom stereocenters. The van der Waals surface area contributed by atoms with Crippen LogP contribution in [0, 0.1) is 0 Å². The van der Waals surface area contributed by atoms with Gasteiger partial charge in [0.2, 0.25) is 0 Å². The summed E-state index contributed by atoms with van der Waals surface area (Å²) in [5.74, 6) is 0. The van der Waals surface area contributed by atoms with Gasteiger partial charge in [-0.1, -0.05) is 24.3 Å². The quantitative estimate of drug-likeness (QED) is 0.492. The number of aromatic nitrogens is 3. The van der Waals surface area contributed by atoms with Gasteiger partial charge in [0.15, 0.2) is 0 Å². The average Bonchev–Trinajstić information content (AvgIpc) is 2.76. The Morgan fingerprint density at radius 3 is 2.67 bits per heavy atom. The Labute approximate surface area is 101 Å². The van der Waals surface area contributed by atoms with Gasteiger partial charge in [0.05, 0.1) is 6.33 Å². The molecule has 0 spiro atoms. The molecule has 0 saturated carbocycles. The van der Waals surface area contributed by atoms with Crippen molar-refractivity contribution >= 4 is 32.7 Å². The molecule has 0 fully saturated rings. The number of nitrogens with one attached hydrogen (secondary N) is 2. The van der Waals surface area contributed by atoms with Crippen molar-refractivity contribution in [2.75, 3.05) is 0 Å². The molecule has 18 heavy (non-hydrogen) atoms. The van der Waals surface area contributed by atoms with E-state index in [9.17, 15) is 4.79 Å². The van der Waals surface area contributed by atoms with Crippen molar-refractivity contribution in [3.8, 4) is 0 Å². The van der Waals surface area contributed by atoms with E-state index in [1.54, 1.807) is 0 Å². The summed E-state index contributed by atoms with van der Waals surface area (Å²) in [5.41, 5.74) is 2.05. The van der Waals surface area contributed by atoms with Crippen molar-refractivity contribution < 1.29 is 0 Å². The summed E-state index contributed by atoms with van der Waals surface area (Å²) in [6.07, 6.45) is 1.44. The maximum atomic E-state index is 11.7. The van der Waals surface area contributed by atoms with E-state index >= 15 is 0 Å². The highest BCUT2D eigenvalue weighted by Gasteiger charge is 2.08. The molecule has 2 aromatic heterocycles. The van der Waals surface area contributed by atoms with E-state index in [-0.39, 0.29) is 5.56 Å². The van der Waals surface area contributed by atoms with Gasteiger partial charge in [0, 0.05) is 10.9 Å². The van der Waals surface area contributed by atoms with Gasteiger partial charge in [0.25, 0.3) is 5.56 Å². The summed E-state index contributed by atoms with van der Waals surface area (Å²) < 4.78 is 0. The van der Waals surface area contributed by atoms with Crippen LogP contribution in [0.25, 0.3) is 32.7 Å². The summed E-state index contributed by atoms with van der Waals surface area (Å²) in [7, 11) is 0. The van der Waals surface area contributed by atoms with Crippen LogP contribution in [0.1, 0.15) is 0 Å². The molecule has 4 heteroatoms. The average molecular weight is 235 g/mol. The number of fused-ring (bicyclic) bond motifs is 4. The fourth-order valence-electron chi connectivity index (χ4n) is 2.39. The van der Waals surface area contributed by atoms with Gasteiger partial charge in [-0.25, -0.2) is 4.98 Å². The van der Waals surface area contributed by atoms with Gasteiger partial charge in [-0.05, 0) is 22.9 Å². The summed E-state index contributed by atoms with van der Waals surface area (Å²) in [5, 5.41) is 3.27. The first kappa shape index (κ1) is 9.41. The molecular weight excluding hydrogens is 226 g/mol. The number of hydrogen-bond donors (Lipinski definition) is 2. The first-order chi connectivity index (χ1) is 8.83. The Balaban J connectivity index is 2.31. The lowest BCUT2D eigenvalue weighted by Crippen LogP contribution is -2.05. The van der Waals surface area contributed by atoms with Crippen LogP contribution in [-0.2, 0) is 0 Å². The van der Waals surface area contributed by atoms with Gasteiger partial charge in [0.1, 0.15) is 11.0 Å². The molecule has 0 bridgehead atoms. The Hall–Kier alpha value is -2.62. The molecule has 0 atom stereocenters. The van der Waals surface area contributed by atoms with Crippen molar-refractivity contribution in [3.63, 3.8) is 0 Å². The van der Waals surface area contributed by atoms with E-state index in [0.717, 1.165) is 27.2 Å². The molecule has 2 heterocycles. The minimum atomic E-state index is -0.139. The first-order valence-electron chi connectivity index (χ1n) is 5.71. The van der Waals surface area contributed by atoms with Crippen molar-refractivity contribution in [1.82, 2.24) is 15.0 Å². The zero-order valence-electron chi connectivity index (χ0n) is 9.40. The molecule has 0 saturated heterocycles. The van der Waals surface area contributed by atoms with E-state index in [2.05, 4.69) is 33.2 Å². The fraction of sp³-hybridized carbons (Fsp3) is 0. The van der Waals surface area contributed by atoms with Crippen molar-refractivity contribution in [3.05, 3.63) is 53.1 Å². The number of H-pyrrole nitrogens is 2. The largest absolute Gasteiger partial charge is 0.349 e. The Morgan fingerprint density at radius 2 is 1.83 bits per heavy atom. The maximum absolute atomic E-state index is 11.7. The van der Waals surface area contributed by atoms with Crippen LogP contribution in [0.4, 0.5) is 0 Å². The van der Waals surface area contributed by atoms with Crippen molar-refractivity contribution in [1.29, 1.82) is 0 Å². The van der Waals surface area contributed by atoms with Crippen LogP contribution < -0.4 is 5.56 Å². The summed E-state index contributed by atoms with van der Waals surface area (Å²) in [6.45, 7) is 0. The first-order valence-corrected chi connectivity index (χ1v) is 5.71. The smallest absolute Gasteiger partial charge is 0.275 e. The second-order valence-corrected chi connectivity index (χ2v) is 4.33. The number of benzene rings is 2. The molecule has 2 N–H and O–H groups in total. The van der Waals surface area contributed by atoms with Crippen LogP contribution in [-0.4, -0.2) is 15.0 Å². The topological polar surface area (TPSA) is 61.5 Å². The standard InChI is InChI=1S/C14H9N3O/c18-14-13-12(15-7-16-14)10-5-8-3-1-2-4-9(8)6-11(10)17-13/h1-7,17H,(H,15,16,18). The lowest BCUT2D eigenvalue weighted by molar-refractivity contribution is 1.17. The third-order valence-electron chi connectivity index (χ3n) is 3.25. The minimum absolute atomic E-state index is 0.139. The molecule has 4 aromatic rings. The van der Waals surface area contributed by atoms with Crippen LogP contribution in [0.5, 0.6) is 0 Å². The molecule has 0 radical (unpaired) electrons. The molecule has 0 aliphatic rings. The van der Waals surface area contributed by atoms with Gasteiger partial charge < -0.3 is 9.97 Å². The molecule has 4 rings (SSSR count). The molecule has 0 aliphatic carbocycles. The highest BCUT2D eigenvalue weighted by Crippen LogP contribution is 2.26. The number of rotatable bonds is 0. The van der Waals surface area contributed by atoms with E-state index in [4.69, 9.17) is 0 Å². The van der Waals surface area contributed by atoms with E-state index in [0.29, 0.717) is 5.52 Å². The zero-order valence-corrected chi connectivity index (χ0v) is 9.40. The second kappa shape index (κ2) is 3.20. The highest BCUT2D eigenvalue weighted by molar-refractivity contribution is 6.09. The SMILES string of the molecule is O=c1[nH]cnc2c1[nH]c1cc3ccccc3cc12. The van der Waals surface area contributed by atoms with Gasteiger partial charge in [-0.3, -0.25) is 4.79 Å². The monoisotopic (exact) mass is 235 g/mol. The summed E-state index contributed by atoms with van der Waals surface area (Å²) >= 11 is 0. The van der Waals surface area contributed by atoms with E-state index < -0.39 is 0 Å². The molecule has 0 amide bonds. The fourth-order valence-corrected chi connectivity index (χ4v) is 2.39. The summed E-state index contributed by atoms with van der Waals surface area (Å²) in [4.78, 5) is 21.7. The Kier molecular flexibility index (Phi) is 1.67. The zero-order chi connectivity index (χ0) is 12.1. The highest BCUT2D eigenvalue weighted by atomic mass is 16.1. The normalized spacial score (nSPS) is 11.6. The molecule has 4 nitrogen and oxygen atoms in total. The van der Waals surface area contributed by atoms with E-state index in [1.165, 1.54) is 6.33 Å². The number of nitrogens with zero attached hydrogens (tertiary/aromatic N) is 1. The van der Waals surface area contributed by atoms with Crippen LogP contribution in [0.2, 0.25) is 0 Å². The Bertz CT molecular complexity index is 949. The van der Waals surface area contributed by atoms with Crippen LogP contribution in [0.15, 0.2) is 47.5 Å². The predicted octanol–water partition coefficient (Wildman–Crippen LogP) is 2.56. The number of hydrogen-bond acceptors (Lipinski definition) is 2. The predicted molar refractivity (Wildman–Crippen MR) is 71.7 cm³/mol. The molecule has 2 aromatic carbocycles. The van der Waals surface area contributed by atoms with Gasteiger partial charge >= 0.3 is 0 Å². The van der Waals surface area contributed by atoms with Crippen LogP contribution >= 0.6 is 0 Å². The lowest BCUT2D eigenvalue weighted by atomic mass is 10.1. The van der Waals surface area contributed by atoms with Crippen LogP contribution in [0.3, 0.4) is 0 Å². The Morgan fingerprint density at radius 1 is 1.06 bits per heavy atom. The van der Waals surface area contributed by atoms with E-state index in [1.807, 2.05) is 18.2 Å². The second-order valence-electron chi connectivity index (χ2n) is 4.33. The molecular formula is C14H9N3O. The third-order valence-corrected chi connectivity index (χ3v) is 3.25. The minimum Gasteiger partial charge on any atom is -0.349 e. The molecule has 86 valence electrons. The third kappa shape index (κ3) is 1.14. The number of aromatic amines is 2. The molecule has 0 aliphatic heterocycles. The van der Waals surface area contributed by atoms with Crippen molar-refractivity contribution in [2.24, 2.45) is 0 Å².